The van der Waals surface area contributed by atoms with E-state index < -0.39 is 0 Å². The summed E-state index contributed by atoms with van der Waals surface area (Å²) >= 11 is 0. The van der Waals surface area contributed by atoms with E-state index in [1.54, 1.807) is 7.11 Å². The summed E-state index contributed by atoms with van der Waals surface area (Å²) in [5.41, 5.74) is 3.86. The van der Waals surface area contributed by atoms with Crippen LogP contribution in [0.15, 0.2) is 73.4 Å². The Morgan fingerprint density at radius 2 is 1.79 bits per heavy atom. The summed E-state index contributed by atoms with van der Waals surface area (Å²) in [5, 5.41) is 1.33. The number of hydrogen-bond acceptors (Lipinski definition) is 3. The standard InChI is InChI=1S/C24H28N4O/c1-26-16-21(22-9-4-5-10-23(22)26)18-28(14-7-13-27-15-12-25-19-27)17-20-8-3-6-11-24(20)29-2/h3-6,8-12,15-16,19H,7,13-14,17-18H2,1-2H3. The van der Waals surface area contributed by atoms with Crippen molar-refractivity contribution in [2.24, 2.45) is 7.05 Å². The molecule has 5 nitrogen and oxygen atoms in total. The number of aryl methyl sites for hydroxylation is 2. The summed E-state index contributed by atoms with van der Waals surface area (Å²) in [6.45, 7) is 3.73. The third-order valence-electron chi connectivity index (χ3n) is 5.41. The van der Waals surface area contributed by atoms with Crippen molar-refractivity contribution in [3.05, 3.63) is 84.6 Å². The van der Waals surface area contributed by atoms with E-state index in [9.17, 15) is 0 Å². The second-order valence-electron chi connectivity index (χ2n) is 7.46. The van der Waals surface area contributed by atoms with Crippen molar-refractivity contribution >= 4 is 10.9 Å². The van der Waals surface area contributed by atoms with E-state index in [2.05, 4.69) is 68.7 Å². The van der Waals surface area contributed by atoms with Gasteiger partial charge in [-0.1, -0.05) is 36.4 Å². The van der Waals surface area contributed by atoms with Crippen LogP contribution in [0.4, 0.5) is 0 Å². The number of benzene rings is 2. The summed E-state index contributed by atoms with van der Waals surface area (Å²) in [4.78, 5) is 6.66. The predicted octanol–water partition coefficient (Wildman–Crippen LogP) is 4.48. The summed E-state index contributed by atoms with van der Waals surface area (Å²) in [7, 11) is 3.86. The van der Waals surface area contributed by atoms with E-state index in [4.69, 9.17) is 4.74 Å². The molecule has 0 saturated carbocycles. The quantitative estimate of drug-likeness (QED) is 0.424. The molecule has 0 bridgehead atoms. The smallest absolute Gasteiger partial charge is 0.123 e. The molecule has 0 N–H and O–H groups in total. The van der Waals surface area contributed by atoms with E-state index in [1.807, 2.05) is 30.9 Å². The Bertz CT molecular complexity index is 1050. The molecule has 0 spiro atoms. The third kappa shape index (κ3) is 4.51. The lowest BCUT2D eigenvalue weighted by Crippen LogP contribution is -2.25. The van der Waals surface area contributed by atoms with Gasteiger partial charge in [-0.15, -0.1) is 0 Å². The molecule has 0 aliphatic heterocycles. The van der Waals surface area contributed by atoms with Crippen LogP contribution in [0.3, 0.4) is 0 Å². The second kappa shape index (κ2) is 8.97. The molecule has 2 aromatic carbocycles. The van der Waals surface area contributed by atoms with Crippen LogP contribution in [0.25, 0.3) is 10.9 Å². The monoisotopic (exact) mass is 388 g/mol. The van der Waals surface area contributed by atoms with Gasteiger partial charge in [0.15, 0.2) is 0 Å². The van der Waals surface area contributed by atoms with E-state index in [-0.39, 0.29) is 0 Å². The van der Waals surface area contributed by atoms with Gasteiger partial charge in [-0.05, 0) is 24.1 Å². The molecular formula is C24H28N4O. The predicted molar refractivity (Wildman–Crippen MR) is 117 cm³/mol. The summed E-state index contributed by atoms with van der Waals surface area (Å²) in [6.07, 6.45) is 9.07. The van der Waals surface area contributed by atoms with Gasteiger partial charge >= 0.3 is 0 Å². The topological polar surface area (TPSA) is 35.2 Å². The highest BCUT2D eigenvalue weighted by atomic mass is 16.5. The molecule has 0 atom stereocenters. The first-order chi connectivity index (χ1) is 14.2. The lowest BCUT2D eigenvalue weighted by atomic mass is 10.1. The number of aromatic nitrogens is 3. The molecular weight excluding hydrogens is 360 g/mol. The van der Waals surface area contributed by atoms with Crippen molar-refractivity contribution in [2.45, 2.75) is 26.1 Å². The van der Waals surface area contributed by atoms with Crippen LogP contribution in [0.1, 0.15) is 17.5 Å². The first-order valence-electron chi connectivity index (χ1n) is 10.1. The zero-order valence-corrected chi connectivity index (χ0v) is 17.2. The molecule has 4 rings (SSSR count). The minimum Gasteiger partial charge on any atom is -0.496 e. The number of imidazole rings is 1. The number of fused-ring (bicyclic) bond motifs is 1. The second-order valence-corrected chi connectivity index (χ2v) is 7.46. The molecule has 0 aliphatic carbocycles. The summed E-state index contributed by atoms with van der Waals surface area (Å²) in [6, 6.07) is 16.9. The van der Waals surface area contributed by atoms with Crippen LogP contribution in [0, 0.1) is 0 Å². The molecule has 0 saturated heterocycles. The molecule has 0 amide bonds. The van der Waals surface area contributed by atoms with Gasteiger partial charge in [-0.2, -0.15) is 0 Å². The summed E-state index contributed by atoms with van der Waals surface area (Å²) < 4.78 is 9.95. The average Bonchev–Trinajstić information content (AvgIpc) is 3.37. The summed E-state index contributed by atoms with van der Waals surface area (Å²) in [5.74, 6) is 0.949. The van der Waals surface area contributed by atoms with Crippen LogP contribution >= 0.6 is 0 Å². The van der Waals surface area contributed by atoms with Gasteiger partial charge in [0.1, 0.15) is 5.75 Å². The fraction of sp³-hybridized carbons (Fsp3) is 0.292. The lowest BCUT2D eigenvalue weighted by molar-refractivity contribution is 0.245. The van der Waals surface area contributed by atoms with Crippen LogP contribution in [0.2, 0.25) is 0 Å². The van der Waals surface area contributed by atoms with Crippen LogP contribution in [-0.4, -0.2) is 32.7 Å². The number of ether oxygens (including phenoxy) is 1. The van der Waals surface area contributed by atoms with Crippen molar-refractivity contribution in [1.82, 2.24) is 19.0 Å². The molecule has 5 heteroatoms. The van der Waals surface area contributed by atoms with Gasteiger partial charge in [-0.25, -0.2) is 4.98 Å². The molecule has 150 valence electrons. The first kappa shape index (κ1) is 19.3. The van der Waals surface area contributed by atoms with Crippen molar-refractivity contribution in [2.75, 3.05) is 13.7 Å². The zero-order chi connectivity index (χ0) is 20.1. The Morgan fingerprint density at radius 3 is 2.62 bits per heavy atom. The minimum atomic E-state index is 0.858. The number of para-hydroxylation sites is 2. The number of rotatable bonds is 9. The van der Waals surface area contributed by atoms with Crippen molar-refractivity contribution in [3.8, 4) is 5.75 Å². The highest BCUT2D eigenvalue weighted by Gasteiger charge is 2.14. The molecule has 2 aromatic heterocycles. The van der Waals surface area contributed by atoms with Gasteiger partial charge in [0.2, 0.25) is 0 Å². The molecule has 2 heterocycles. The minimum absolute atomic E-state index is 0.858. The lowest BCUT2D eigenvalue weighted by Gasteiger charge is -2.23. The van der Waals surface area contributed by atoms with Crippen molar-refractivity contribution < 1.29 is 4.74 Å². The van der Waals surface area contributed by atoms with E-state index >= 15 is 0 Å². The Hall–Kier alpha value is -3.05. The fourth-order valence-corrected chi connectivity index (χ4v) is 3.98. The van der Waals surface area contributed by atoms with Crippen LogP contribution in [0.5, 0.6) is 5.75 Å². The third-order valence-corrected chi connectivity index (χ3v) is 5.41. The number of methoxy groups -OCH3 is 1. The Morgan fingerprint density at radius 1 is 1.00 bits per heavy atom. The van der Waals surface area contributed by atoms with E-state index in [0.717, 1.165) is 38.3 Å². The van der Waals surface area contributed by atoms with Gasteiger partial charge in [0.25, 0.3) is 0 Å². The van der Waals surface area contributed by atoms with Gasteiger partial charge in [-0.3, -0.25) is 4.90 Å². The largest absolute Gasteiger partial charge is 0.496 e. The molecule has 4 aromatic rings. The Balaban J connectivity index is 1.54. The Labute approximate surface area is 172 Å². The fourth-order valence-electron chi connectivity index (χ4n) is 3.98. The van der Waals surface area contributed by atoms with E-state index in [0.29, 0.717) is 0 Å². The maximum absolute atomic E-state index is 5.59. The Kier molecular flexibility index (Phi) is 5.96. The van der Waals surface area contributed by atoms with Crippen LogP contribution in [-0.2, 0) is 26.7 Å². The molecule has 0 radical (unpaired) electrons. The number of hydrogen-bond donors (Lipinski definition) is 0. The van der Waals surface area contributed by atoms with E-state index in [1.165, 1.54) is 22.0 Å². The normalized spacial score (nSPS) is 11.4. The van der Waals surface area contributed by atoms with Crippen LogP contribution < -0.4 is 4.74 Å². The SMILES string of the molecule is COc1ccccc1CN(CCCn1ccnc1)Cc1cn(C)c2ccccc12. The first-order valence-corrected chi connectivity index (χ1v) is 10.1. The van der Waals surface area contributed by atoms with Crippen molar-refractivity contribution in [3.63, 3.8) is 0 Å². The molecule has 0 fully saturated rings. The maximum atomic E-state index is 5.59. The van der Waals surface area contributed by atoms with Crippen molar-refractivity contribution in [1.29, 1.82) is 0 Å². The highest BCUT2D eigenvalue weighted by Crippen LogP contribution is 2.24. The molecule has 0 aliphatic rings. The molecule has 0 unspecified atom stereocenters. The van der Waals surface area contributed by atoms with Gasteiger partial charge in [0.05, 0.1) is 13.4 Å². The maximum Gasteiger partial charge on any atom is 0.123 e. The zero-order valence-electron chi connectivity index (χ0n) is 17.2. The van der Waals surface area contributed by atoms with Gasteiger partial charge < -0.3 is 13.9 Å². The van der Waals surface area contributed by atoms with Gasteiger partial charge in [0, 0.05) is 68.3 Å². The highest BCUT2D eigenvalue weighted by molar-refractivity contribution is 5.83. The average molecular weight is 389 g/mol. The number of nitrogens with zero attached hydrogens (tertiary/aromatic N) is 4. The molecule has 29 heavy (non-hydrogen) atoms.